The largest absolute Gasteiger partial charge is 0.465 e. The molecule has 1 spiro atoms. The molecule has 4 aromatic carbocycles. The highest BCUT2D eigenvalue weighted by Crippen LogP contribution is 2.58. The molecule has 4 aromatic rings. The fourth-order valence-electron chi connectivity index (χ4n) is 6.01. The minimum Gasteiger partial charge on any atom is -0.465 e. The van der Waals surface area contributed by atoms with Crippen LogP contribution >= 0.6 is 45.8 Å². The molecule has 6 rings (SSSR count). The van der Waals surface area contributed by atoms with E-state index in [1.54, 1.807) is 48.5 Å². The van der Waals surface area contributed by atoms with Crippen LogP contribution in [0.1, 0.15) is 45.4 Å². The van der Waals surface area contributed by atoms with Crippen LogP contribution in [0.3, 0.4) is 0 Å². The van der Waals surface area contributed by atoms with E-state index in [1.807, 2.05) is 36.4 Å². The number of halogens is 3. The molecule has 10 heteroatoms. The quantitative estimate of drug-likeness (QED) is 0.166. The molecule has 2 aliphatic rings. The summed E-state index contributed by atoms with van der Waals surface area (Å²) in [6.45, 7) is 0. The number of ether oxygens (including phenoxy) is 2. The van der Waals surface area contributed by atoms with Gasteiger partial charge in [-0.1, -0.05) is 41.4 Å². The summed E-state index contributed by atoms with van der Waals surface area (Å²) >= 11 is 14.9. The van der Waals surface area contributed by atoms with E-state index in [2.05, 4.69) is 33.2 Å². The van der Waals surface area contributed by atoms with Crippen LogP contribution in [-0.4, -0.2) is 24.9 Å². The van der Waals surface area contributed by atoms with E-state index in [4.69, 9.17) is 32.7 Å². The van der Waals surface area contributed by atoms with Gasteiger partial charge >= 0.3 is 5.97 Å². The zero-order valence-corrected chi connectivity index (χ0v) is 25.8. The average Bonchev–Trinajstić information content (AvgIpc) is 3.25. The average molecular weight is 713 g/mol. The van der Waals surface area contributed by atoms with E-state index >= 15 is 0 Å². The zero-order chi connectivity index (χ0) is 29.6. The third kappa shape index (κ3) is 4.91. The molecular formula is C32H23Cl2IN2O5. The number of carbonyl (C=O) groups excluding carboxylic acids is 3. The number of hydrogen-bond acceptors (Lipinski definition) is 5. The molecular weight excluding hydrogens is 690 g/mol. The van der Waals surface area contributed by atoms with Crippen molar-refractivity contribution in [3.8, 4) is 11.5 Å². The second kappa shape index (κ2) is 11.2. The number of amides is 2. The van der Waals surface area contributed by atoms with Crippen LogP contribution in [0.4, 0.5) is 5.69 Å². The third-order valence-electron chi connectivity index (χ3n) is 7.79. The van der Waals surface area contributed by atoms with Crippen molar-refractivity contribution in [1.29, 1.82) is 0 Å². The molecule has 0 saturated carbocycles. The summed E-state index contributed by atoms with van der Waals surface area (Å²) in [6, 6.07) is 23.9. The van der Waals surface area contributed by atoms with Crippen molar-refractivity contribution in [3.63, 3.8) is 0 Å². The monoisotopic (exact) mass is 712 g/mol. The summed E-state index contributed by atoms with van der Waals surface area (Å²) in [7, 11) is 1.32. The number of methoxy groups -OCH3 is 1. The Morgan fingerprint density at radius 3 is 2.45 bits per heavy atom. The maximum Gasteiger partial charge on any atom is 0.337 e. The van der Waals surface area contributed by atoms with Crippen molar-refractivity contribution in [3.05, 3.63) is 121 Å². The molecule has 0 aromatic heterocycles. The summed E-state index contributed by atoms with van der Waals surface area (Å²) in [5, 5.41) is 7.17. The van der Waals surface area contributed by atoms with Crippen molar-refractivity contribution in [2.45, 2.75) is 23.8 Å². The molecule has 2 N–H and O–H groups in total. The number of carbonyl (C=O) groups is 3. The highest BCUT2D eigenvalue weighted by atomic mass is 127. The Labute approximate surface area is 265 Å². The van der Waals surface area contributed by atoms with Crippen molar-refractivity contribution in [1.82, 2.24) is 5.32 Å². The Balaban J connectivity index is 1.54. The van der Waals surface area contributed by atoms with Crippen molar-refractivity contribution in [2.24, 2.45) is 0 Å². The lowest BCUT2D eigenvalue weighted by atomic mass is 9.59. The van der Waals surface area contributed by atoms with Crippen LogP contribution < -0.4 is 15.4 Å². The zero-order valence-electron chi connectivity index (χ0n) is 22.1. The second-order valence-corrected chi connectivity index (χ2v) is 12.2. The Hall–Kier alpha value is -3.60. The number of nitrogens with one attached hydrogen (secondary N) is 2. The first-order valence-electron chi connectivity index (χ1n) is 13.0. The van der Waals surface area contributed by atoms with Gasteiger partial charge in [-0.2, -0.15) is 0 Å². The molecule has 1 unspecified atom stereocenters. The van der Waals surface area contributed by atoms with Crippen LogP contribution in [0, 0.1) is 3.57 Å². The van der Waals surface area contributed by atoms with Crippen LogP contribution in [0.25, 0.3) is 0 Å². The van der Waals surface area contributed by atoms with Gasteiger partial charge in [0.15, 0.2) is 0 Å². The number of hydrogen-bond donors (Lipinski definition) is 2. The highest BCUT2D eigenvalue weighted by molar-refractivity contribution is 14.1. The lowest BCUT2D eigenvalue weighted by Gasteiger charge is -2.46. The molecule has 42 heavy (non-hydrogen) atoms. The SMILES string of the molecule is COC(=O)c1ccc(Oc2ccc(I)cc2[C@H]2NC(=O)C[C@@H](c3cccc(Cl)c3)C23C(=O)Nc2cc(Cl)ccc23)cc1. The topological polar surface area (TPSA) is 93.7 Å². The summed E-state index contributed by atoms with van der Waals surface area (Å²) in [6.07, 6.45) is 0.0709. The number of rotatable bonds is 5. The number of piperidine rings is 1. The summed E-state index contributed by atoms with van der Waals surface area (Å²) in [5.74, 6) is -0.562. The lowest BCUT2D eigenvalue weighted by molar-refractivity contribution is -0.131. The minimum atomic E-state index is -1.25. The molecule has 2 amide bonds. The highest BCUT2D eigenvalue weighted by Gasteiger charge is 2.61. The second-order valence-electron chi connectivity index (χ2n) is 10.1. The molecule has 212 valence electrons. The standard InChI is InChI=1S/C32H23Cl2IN2O5/c1-41-30(39)17-5-9-22(10-6-17)42-27-12-8-21(35)15-23(27)29-32(24-11-7-20(34)14-26(24)36-31(32)40)25(16-28(38)37-29)18-3-2-4-19(33)13-18/h2-15,25,29H,16H2,1H3,(H,36,40)(H,37,38)/t25-,29+,32?/m0/s1. The molecule has 0 bridgehead atoms. The van der Waals surface area contributed by atoms with Crippen molar-refractivity contribution >= 4 is 69.3 Å². The number of fused-ring (bicyclic) bond motifs is 2. The molecule has 2 heterocycles. The van der Waals surface area contributed by atoms with Crippen LogP contribution in [-0.2, 0) is 19.7 Å². The summed E-state index contributed by atoms with van der Waals surface area (Å²) in [5.41, 5.74) is 1.83. The maximum absolute atomic E-state index is 14.3. The van der Waals surface area contributed by atoms with E-state index in [9.17, 15) is 14.4 Å². The van der Waals surface area contributed by atoms with Crippen LogP contribution in [0.15, 0.2) is 84.9 Å². The van der Waals surface area contributed by atoms with Gasteiger partial charge in [-0.15, -0.1) is 0 Å². The molecule has 3 atom stereocenters. The molecule has 1 fully saturated rings. The van der Waals surface area contributed by atoms with E-state index in [-0.39, 0.29) is 18.2 Å². The normalized spacial score (nSPS) is 21.0. The van der Waals surface area contributed by atoms with Crippen LogP contribution in [0.2, 0.25) is 10.0 Å². The molecule has 0 aliphatic carbocycles. The third-order valence-corrected chi connectivity index (χ3v) is 8.93. The van der Waals surface area contributed by atoms with Gasteiger partial charge in [0.2, 0.25) is 11.8 Å². The predicted octanol–water partition coefficient (Wildman–Crippen LogP) is 7.41. The van der Waals surface area contributed by atoms with Gasteiger partial charge in [-0.3, -0.25) is 9.59 Å². The number of esters is 1. The molecule has 7 nitrogen and oxygen atoms in total. The van der Waals surface area contributed by atoms with Gasteiger partial charge in [0.05, 0.1) is 18.7 Å². The van der Waals surface area contributed by atoms with Crippen molar-refractivity contribution < 1.29 is 23.9 Å². The minimum absolute atomic E-state index is 0.0709. The molecule has 1 saturated heterocycles. The molecule has 2 aliphatic heterocycles. The Bertz CT molecular complexity index is 1750. The predicted molar refractivity (Wildman–Crippen MR) is 168 cm³/mol. The summed E-state index contributed by atoms with van der Waals surface area (Å²) < 4.78 is 12.0. The van der Waals surface area contributed by atoms with Crippen molar-refractivity contribution in [2.75, 3.05) is 12.4 Å². The van der Waals surface area contributed by atoms with E-state index in [0.717, 1.165) is 14.7 Å². The smallest absolute Gasteiger partial charge is 0.337 e. The van der Waals surface area contributed by atoms with E-state index in [0.29, 0.717) is 38.4 Å². The Morgan fingerprint density at radius 1 is 0.952 bits per heavy atom. The number of benzene rings is 4. The first kappa shape index (κ1) is 28.5. The lowest BCUT2D eigenvalue weighted by Crippen LogP contribution is -2.56. The molecule has 0 radical (unpaired) electrons. The maximum atomic E-state index is 14.3. The van der Waals surface area contributed by atoms with Gasteiger partial charge in [0.1, 0.15) is 16.9 Å². The van der Waals surface area contributed by atoms with E-state index in [1.165, 1.54) is 7.11 Å². The Morgan fingerprint density at radius 2 is 1.71 bits per heavy atom. The number of anilines is 1. The first-order chi connectivity index (χ1) is 20.2. The fourth-order valence-corrected chi connectivity index (χ4v) is 6.90. The fraction of sp³-hybridized carbons (Fsp3) is 0.156. The van der Waals surface area contributed by atoms with Gasteiger partial charge in [0, 0.05) is 37.2 Å². The van der Waals surface area contributed by atoms with Gasteiger partial charge in [-0.25, -0.2) is 4.79 Å². The Kier molecular flexibility index (Phi) is 7.63. The first-order valence-corrected chi connectivity index (χ1v) is 14.9. The van der Waals surface area contributed by atoms with Gasteiger partial charge < -0.3 is 20.1 Å². The van der Waals surface area contributed by atoms with Gasteiger partial charge in [0.25, 0.3) is 0 Å². The van der Waals surface area contributed by atoms with E-state index < -0.39 is 23.3 Å². The summed E-state index contributed by atoms with van der Waals surface area (Å²) in [4.78, 5) is 39.7. The van der Waals surface area contributed by atoms with Crippen LogP contribution in [0.5, 0.6) is 11.5 Å². The van der Waals surface area contributed by atoms with Gasteiger partial charge in [-0.05, 0) is 100 Å².